The molecule has 0 radical (unpaired) electrons. The highest BCUT2D eigenvalue weighted by molar-refractivity contribution is 5.08. The average Bonchev–Trinajstić information content (AvgIpc) is 2.11. The van der Waals surface area contributed by atoms with Gasteiger partial charge in [-0.15, -0.1) is 0 Å². The molecule has 0 saturated carbocycles. The van der Waals surface area contributed by atoms with Crippen LogP contribution in [0.4, 0.5) is 0 Å². The van der Waals surface area contributed by atoms with Crippen molar-refractivity contribution in [3.8, 4) is 0 Å². The van der Waals surface area contributed by atoms with E-state index in [-0.39, 0.29) is 0 Å². The van der Waals surface area contributed by atoms with E-state index < -0.39 is 0 Å². The molecule has 0 rings (SSSR count). The van der Waals surface area contributed by atoms with Gasteiger partial charge in [-0.1, -0.05) is 46.8 Å². The van der Waals surface area contributed by atoms with Gasteiger partial charge < -0.3 is 0 Å². The van der Waals surface area contributed by atoms with Crippen molar-refractivity contribution in [1.29, 1.82) is 0 Å². The van der Waals surface area contributed by atoms with Crippen LogP contribution in [0.15, 0.2) is 12.2 Å². The molecule has 1 nitrogen and oxygen atoms in total. The van der Waals surface area contributed by atoms with E-state index in [0.717, 1.165) is 12.5 Å². The second kappa shape index (κ2) is 6.23. The van der Waals surface area contributed by atoms with Gasteiger partial charge in [0, 0.05) is 6.04 Å². The van der Waals surface area contributed by atoms with Crippen LogP contribution in [-0.2, 0) is 0 Å². The molecule has 0 amide bonds. The predicted molar refractivity (Wildman–Crippen MR) is 65.5 cm³/mol. The summed E-state index contributed by atoms with van der Waals surface area (Å²) in [6, 6.07) is 0.556. The van der Waals surface area contributed by atoms with Crippen molar-refractivity contribution in [2.24, 2.45) is 11.8 Å². The predicted octanol–water partition coefficient (Wildman–Crippen LogP) is 3.57. The maximum Gasteiger partial charge on any atom is 0.0306 e. The Kier molecular flexibility index (Phi) is 6.10. The molecule has 1 unspecified atom stereocenters. The van der Waals surface area contributed by atoms with Crippen LogP contribution in [0.2, 0.25) is 0 Å². The third-order valence-corrected chi connectivity index (χ3v) is 2.90. The normalized spacial score (nSPS) is 14.1. The molecule has 0 aliphatic heterocycles. The Balaban J connectivity index is 4.46. The van der Waals surface area contributed by atoms with Gasteiger partial charge in [-0.3, -0.25) is 4.90 Å². The highest BCUT2D eigenvalue weighted by Gasteiger charge is 2.19. The number of hydrogen-bond acceptors (Lipinski definition) is 1. The number of rotatable bonds is 6. The van der Waals surface area contributed by atoms with Crippen LogP contribution in [0.5, 0.6) is 0 Å². The minimum atomic E-state index is 0.556. The third kappa shape index (κ3) is 4.28. The lowest BCUT2D eigenvalue weighted by atomic mass is 9.90. The molecular weight excluding hydrogens is 170 g/mol. The molecule has 0 aromatic heterocycles. The maximum absolute atomic E-state index is 4.23. The molecule has 0 N–H and O–H groups in total. The van der Waals surface area contributed by atoms with E-state index in [2.05, 4.69) is 53.1 Å². The SMILES string of the molecule is C=C(C(C)C)C(CC(C)C)N(C)CC. The zero-order chi connectivity index (χ0) is 11.3. The fourth-order valence-electron chi connectivity index (χ4n) is 1.67. The van der Waals surface area contributed by atoms with Crippen LogP contribution in [-0.4, -0.2) is 24.5 Å². The highest BCUT2D eigenvalue weighted by atomic mass is 15.1. The molecule has 0 aromatic carbocycles. The van der Waals surface area contributed by atoms with Gasteiger partial charge in [0.25, 0.3) is 0 Å². The van der Waals surface area contributed by atoms with Crippen LogP contribution < -0.4 is 0 Å². The van der Waals surface area contributed by atoms with Gasteiger partial charge in [-0.25, -0.2) is 0 Å². The van der Waals surface area contributed by atoms with Crippen molar-refractivity contribution in [1.82, 2.24) is 4.90 Å². The Morgan fingerprint density at radius 3 is 2.00 bits per heavy atom. The topological polar surface area (TPSA) is 3.24 Å². The first-order valence-electron chi connectivity index (χ1n) is 5.79. The third-order valence-electron chi connectivity index (χ3n) is 2.90. The zero-order valence-corrected chi connectivity index (χ0v) is 10.8. The van der Waals surface area contributed by atoms with Gasteiger partial charge in [-0.05, 0) is 31.8 Å². The summed E-state index contributed by atoms with van der Waals surface area (Å²) in [7, 11) is 2.20. The highest BCUT2D eigenvalue weighted by Crippen LogP contribution is 2.22. The fraction of sp³-hybridized carbons (Fsp3) is 0.846. The Hall–Kier alpha value is -0.300. The summed E-state index contributed by atoms with van der Waals surface area (Å²) < 4.78 is 0. The van der Waals surface area contributed by atoms with Crippen molar-refractivity contribution in [2.45, 2.75) is 47.1 Å². The summed E-state index contributed by atoms with van der Waals surface area (Å²) in [4.78, 5) is 2.41. The summed E-state index contributed by atoms with van der Waals surface area (Å²) in [6.45, 7) is 16.6. The first-order valence-corrected chi connectivity index (χ1v) is 5.79. The molecule has 1 heteroatoms. The largest absolute Gasteiger partial charge is 0.300 e. The molecule has 0 aromatic rings. The Bertz CT molecular complexity index is 170. The van der Waals surface area contributed by atoms with Gasteiger partial charge in [0.05, 0.1) is 0 Å². The molecule has 0 heterocycles. The molecule has 0 aliphatic rings. The molecule has 1 atom stereocenters. The summed E-state index contributed by atoms with van der Waals surface area (Å²) in [6.07, 6.45) is 1.22. The first kappa shape index (κ1) is 13.7. The summed E-state index contributed by atoms with van der Waals surface area (Å²) in [5.41, 5.74) is 1.38. The second-order valence-corrected chi connectivity index (χ2v) is 4.95. The van der Waals surface area contributed by atoms with Crippen molar-refractivity contribution >= 4 is 0 Å². The van der Waals surface area contributed by atoms with E-state index >= 15 is 0 Å². The van der Waals surface area contributed by atoms with Gasteiger partial charge in [0.1, 0.15) is 0 Å². The molecule has 0 saturated heterocycles. The molecule has 0 fully saturated rings. The first-order chi connectivity index (χ1) is 6.40. The monoisotopic (exact) mass is 197 g/mol. The van der Waals surface area contributed by atoms with E-state index in [1.807, 2.05) is 0 Å². The molecule has 14 heavy (non-hydrogen) atoms. The van der Waals surface area contributed by atoms with Gasteiger partial charge >= 0.3 is 0 Å². The maximum atomic E-state index is 4.23. The van der Waals surface area contributed by atoms with Crippen molar-refractivity contribution in [3.05, 3.63) is 12.2 Å². The van der Waals surface area contributed by atoms with Crippen molar-refractivity contribution in [3.63, 3.8) is 0 Å². The van der Waals surface area contributed by atoms with Crippen molar-refractivity contribution in [2.75, 3.05) is 13.6 Å². The Morgan fingerprint density at radius 1 is 1.21 bits per heavy atom. The zero-order valence-electron chi connectivity index (χ0n) is 10.8. The minimum absolute atomic E-state index is 0.556. The quantitative estimate of drug-likeness (QED) is 0.588. The van der Waals surface area contributed by atoms with E-state index in [4.69, 9.17) is 0 Å². The summed E-state index contributed by atoms with van der Waals surface area (Å²) >= 11 is 0. The van der Waals surface area contributed by atoms with E-state index in [1.165, 1.54) is 12.0 Å². The lowest BCUT2D eigenvalue weighted by Gasteiger charge is -2.32. The molecule has 0 bridgehead atoms. The number of likely N-dealkylation sites (N-methyl/N-ethyl adjacent to an activating group) is 1. The molecule has 0 aliphatic carbocycles. The van der Waals surface area contributed by atoms with Gasteiger partial charge in [0.2, 0.25) is 0 Å². The lowest BCUT2D eigenvalue weighted by Crippen LogP contribution is -2.35. The van der Waals surface area contributed by atoms with Crippen LogP contribution in [0, 0.1) is 11.8 Å². The minimum Gasteiger partial charge on any atom is -0.300 e. The van der Waals surface area contributed by atoms with Crippen LogP contribution >= 0.6 is 0 Å². The smallest absolute Gasteiger partial charge is 0.0306 e. The standard InChI is InChI=1S/C13H27N/c1-8-14(7)13(9-10(2)3)12(6)11(4)5/h10-11,13H,6,8-9H2,1-5,7H3. The van der Waals surface area contributed by atoms with Crippen LogP contribution in [0.3, 0.4) is 0 Å². The molecule has 0 spiro atoms. The van der Waals surface area contributed by atoms with Gasteiger partial charge in [-0.2, -0.15) is 0 Å². The lowest BCUT2D eigenvalue weighted by molar-refractivity contribution is 0.243. The van der Waals surface area contributed by atoms with E-state index in [9.17, 15) is 0 Å². The van der Waals surface area contributed by atoms with E-state index in [1.54, 1.807) is 0 Å². The Labute approximate surface area is 90.2 Å². The Morgan fingerprint density at radius 2 is 1.71 bits per heavy atom. The fourth-order valence-corrected chi connectivity index (χ4v) is 1.67. The van der Waals surface area contributed by atoms with Gasteiger partial charge in [0.15, 0.2) is 0 Å². The van der Waals surface area contributed by atoms with Crippen molar-refractivity contribution < 1.29 is 0 Å². The average molecular weight is 197 g/mol. The number of nitrogens with zero attached hydrogens (tertiary/aromatic N) is 1. The summed E-state index contributed by atoms with van der Waals surface area (Å²) in [5.74, 6) is 1.33. The molecule has 84 valence electrons. The summed E-state index contributed by atoms with van der Waals surface area (Å²) in [5, 5.41) is 0. The number of hydrogen-bond donors (Lipinski definition) is 0. The van der Waals surface area contributed by atoms with Crippen LogP contribution in [0.25, 0.3) is 0 Å². The second-order valence-electron chi connectivity index (χ2n) is 4.95. The molecular formula is C13H27N. The van der Waals surface area contributed by atoms with E-state index in [0.29, 0.717) is 12.0 Å². The van der Waals surface area contributed by atoms with Crippen LogP contribution in [0.1, 0.15) is 41.0 Å².